The molecule has 0 bridgehead atoms. The van der Waals surface area contributed by atoms with E-state index in [0.29, 0.717) is 45.7 Å². The molecule has 0 saturated heterocycles. The van der Waals surface area contributed by atoms with Crippen molar-refractivity contribution in [1.29, 1.82) is 0 Å². The molecule has 0 fully saturated rings. The number of aryl methyl sites for hydroxylation is 1. The van der Waals surface area contributed by atoms with Crippen LogP contribution in [-0.4, -0.2) is 51.5 Å². The molecule has 0 saturated carbocycles. The molecule has 0 amide bonds. The molecule has 0 radical (unpaired) electrons. The van der Waals surface area contributed by atoms with Crippen molar-refractivity contribution in [3.63, 3.8) is 0 Å². The summed E-state index contributed by atoms with van der Waals surface area (Å²) in [7, 11) is 4.84. The number of alkyl halides is 3. The Balaban J connectivity index is 0.000000279. The molecule has 6 aromatic rings. The van der Waals surface area contributed by atoms with Gasteiger partial charge in [-0.1, -0.05) is 50.2 Å². The van der Waals surface area contributed by atoms with Crippen LogP contribution in [0, 0.1) is 0 Å². The number of unbranched alkanes of at least 4 members (excludes halogenated alkanes) is 3. The fourth-order valence-electron chi connectivity index (χ4n) is 5.01. The number of ether oxygens (including phenoxy) is 3. The predicted molar refractivity (Wildman–Crippen MR) is 213 cm³/mol. The number of hydrogen-bond donors (Lipinski definition) is 0. The molecule has 0 aromatic carbocycles. The molecule has 0 aliphatic carbocycles. The van der Waals surface area contributed by atoms with Crippen LogP contribution in [0.3, 0.4) is 0 Å². The summed E-state index contributed by atoms with van der Waals surface area (Å²) >= 11 is 5.47. The summed E-state index contributed by atoms with van der Waals surface area (Å²) in [4.78, 5) is 20.0. The molecule has 16 heteroatoms. The van der Waals surface area contributed by atoms with Crippen molar-refractivity contribution in [3.8, 4) is 51.4 Å². The molecule has 6 rings (SSSR count). The zero-order chi connectivity index (χ0) is 39.6. The molecule has 0 atom stereocenters. The number of pyridine rings is 4. The van der Waals surface area contributed by atoms with E-state index in [1.807, 2.05) is 36.4 Å². The quantitative estimate of drug-likeness (QED) is 0.0478. The zero-order valence-corrected chi connectivity index (χ0v) is 34.3. The Labute approximate surface area is 345 Å². The molecule has 0 N–H and O–H groups in total. The van der Waals surface area contributed by atoms with Gasteiger partial charge in [-0.2, -0.15) is 18.3 Å². The van der Waals surface area contributed by atoms with Gasteiger partial charge in [-0.15, -0.1) is 11.3 Å². The summed E-state index contributed by atoms with van der Waals surface area (Å²) in [6.07, 6.45) is 10.5. The Bertz CT molecular complexity index is 2120. The number of aromatic nitrogens is 6. The molecule has 0 spiro atoms. The van der Waals surface area contributed by atoms with E-state index in [2.05, 4.69) is 61.4 Å². The fourth-order valence-corrected chi connectivity index (χ4v) is 5.97. The van der Waals surface area contributed by atoms with Gasteiger partial charge in [0.15, 0.2) is 0 Å². The van der Waals surface area contributed by atoms with Crippen LogP contribution in [0.1, 0.15) is 53.6 Å². The molecule has 0 aliphatic heterocycles. The maximum Gasteiger partial charge on any atom is 2.00 e. The van der Waals surface area contributed by atoms with Gasteiger partial charge in [0, 0.05) is 58.3 Å². The Hall–Kier alpha value is -5.14. The first kappa shape index (κ1) is 45.3. The third kappa shape index (κ3) is 13.9. The van der Waals surface area contributed by atoms with E-state index in [0.717, 1.165) is 22.9 Å². The second-order valence-corrected chi connectivity index (χ2v) is 12.9. The van der Waals surface area contributed by atoms with Crippen LogP contribution < -0.4 is 19.3 Å². The standard InChI is InChI=1S/C21H21F3N3S.C18H17N3O3.CNS.Ru/c1-2-3-4-5-6-16-9-10-17(28-16)8-7-15-11-12-25-18(13-15)19-14-20(27-26-19)21(22,23)24;1-22-12-4-6-19-15(8-12)17-10-14(24-3)11-18(21-17)16-9-13(23-2)5-7-20-16;2-1-3;/h7-14H,2-6H2,1H3;4-11H,1-3H3;;/q-1;;-1;+2/b8-7+;;;. The summed E-state index contributed by atoms with van der Waals surface area (Å²) in [6.45, 7) is 2.21. The van der Waals surface area contributed by atoms with E-state index in [-0.39, 0.29) is 25.2 Å². The maximum atomic E-state index is 12.7. The minimum Gasteiger partial charge on any atom is -0.753 e. The number of nitrogens with zero attached hydrogens (tertiary/aromatic N) is 7. The summed E-state index contributed by atoms with van der Waals surface area (Å²) in [5.74, 6) is 2.10. The molecular weight excluding hydrogens is 849 g/mol. The number of isothiocyanates is 1. The van der Waals surface area contributed by atoms with Gasteiger partial charge in [0.05, 0.1) is 44.1 Å². The number of hydrogen-bond acceptors (Lipinski definition) is 10. The summed E-state index contributed by atoms with van der Waals surface area (Å²) < 4.78 is 54.0. The van der Waals surface area contributed by atoms with Gasteiger partial charge in [-0.05, 0) is 66.9 Å². The minimum atomic E-state index is -4.50. The van der Waals surface area contributed by atoms with Gasteiger partial charge in [-0.25, -0.2) is 4.98 Å². The minimum absolute atomic E-state index is 0. The average molecular weight is 887 g/mol. The van der Waals surface area contributed by atoms with Crippen LogP contribution in [0.4, 0.5) is 13.2 Å². The van der Waals surface area contributed by atoms with E-state index in [4.69, 9.17) is 19.6 Å². The first-order chi connectivity index (χ1) is 26.6. The van der Waals surface area contributed by atoms with Crippen molar-refractivity contribution in [2.45, 2.75) is 45.2 Å². The van der Waals surface area contributed by atoms with Crippen LogP contribution in [-0.2, 0) is 32.1 Å². The maximum absolute atomic E-state index is 12.7. The van der Waals surface area contributed by atoms with E-state index in [9.17, 15) is 13.2 Å². The number of halogens is 3. The summed E-state index contributed by atoms with van der Waals surface area (Å²) in [6, 6.07) is 19.6. The van der Waals surface area contributed by atoms with Gasteiger partial charge >= 0.3 is 25.7 Å². The number of rotatable bonds is 13. The monoisotopic (exact) mass is 887 g/mol. The van der Waals surface area contributed by atoms with Gasteiger partial charge in [-0.3, -0.25) is 15.0 Å². The molecule has 0 unspecified atom stereocenters. The smallest absolute Gasteiger partial charge is 0.753 e. The number of thiophene rings is 1. The molecule has 6 aromatic heterocycles. The van der Waals surface area contributed by atoms with Gasteiger partial charge in [0.25, 0.3) is 0 Å². The Morgan fingerprint density at radius 1 is 0.750 bits per heavy atom. The van der Waals surface area contributed by atoms with Crippen molar-refractivity contribution >= 4 is 40.9 Å². The van der Waals surface area contributed by atoms with Crippen molar-refractivity contribution < 1.29 is 46.9 Å². The molecule has 56 heavy (non-hydrogen) atoms. The van der Waals surface area contributed by atoms with Crippen molar-refractivity contribution in [3.05, 3.63) is 112 Å². The molecule has 292 valence electrons. The van der Waals surface area contributed by atoms with Gasteiger partial charge < -0.3 is 29.8 Å². The van der Waals surface area contributed by atoms with E-state index >= 15 is 0 Å². The fraction of sp³-hybridized carbons (Fsp3) is 0.250. The molecular formula is C40H38F3N7O3RuS2. The van der Waals surface area contributed by atoms with E-state index in [1.165, 1.54) is 35.7 Å². The van der Waals surface area contributed by atoms with Crippen LogP contribution in [0.5, 0.6) is 17.2 Å². The van der Waals surface area contributed by atoms with E-state index < -0.39 is 11.9 Å². The van der Waals surface area contributed by atoms with Crippen LogP contribution in [0.15, 0.2) is 85.3 Å². The van der Waals surface area contributed by atoms with Gasteiger partial charge in [0.2, 0.25) is 0 Å². The topological polar surface area (TPSA) is 129 Å². The van der Waals surface area contributed by atoms with Crippen LogP contribution in [0.25, 0.3) is 51.7 Å². The Morgan fingerprint density at radius 2 is 1.32 bits per heavy atom. The third-order valence-electron chi connectivity index (χ3n) is 7.77. The second-order valence-electron chi connectivity index (χ2n) is 11.6. The number of thiocarbonyl (C=S) groups is 1. The van der Waals surface area contributed by atoms with Gasteiger partial charge in [0.1, 0.15) is 22.9 Å². The van der Waals surface area contributed by atoms with Crippen LogP contribution >= 0.6 is 23.6 Å². The van der Waals surface area contributed by atoms with Crippen molar-refractivity contribution in [1.82, 2.24) is 30.1 Å². The predicted octanol–water partition coefficient (Wildman–Crippen LogP) is 10.4. The summed E-state index contributed by atoms with van der Waals surface area (Å²) in [5, 5.41) is 15.3. The summed E-state index contributed by atoms with van der Waals surface area (Å²) in [5.41, 5.74) is 3.06. The van der Waals surface area contributed by atoms with E-state index in [1.54, 1.807) is 75.5 Å². The Morgan fingerprint density at radius 3 is 1.88 bits per heavy atom. The number of methoxy groups -OCH3 is 3. The average Bonchev–Trinajstić information content (AvgIpc) is 3.90. The van der Waals surface area contributed by atoms with Crippen molar-refractivity contribution in [2.24, 2.45) is 0 Å². The first-order valence-corrected chi connectivity index (χ1v) is 18.2. The Kier molecular flexibility index (Phi) is 18.6. The second kappa shape index (κ2) is 23.1. The molecule has 0 aliphatic rings. The first-order valence-electron chi connectivity index (χ1n) is 17.0. The third-order valence-corrected chi connectivity index (χ3v) is 8.88. The normalized spacial score (nSPS) is 10.6. The molecule has 10 nitrogen and oxygen atoms in total. The van der Waals surface area contributed by atoms with Crippen molar-refractivity contribution in [2.75, 3.05) is 21.3 Å². The van der Waals surface area contributed by atoms with Crippen LogP contribution in [0.2, 0.25) is 0 Å². The SMILES string of the molecule is CCCCCCc1ccc(/C=C/c2ccnc(-c3cc(C(F)(F)F)n[n-]3)c2)s1.COc1ccnc(-c2cc(OC)cc(-c3cc(OC)ccn3)n2)c1.[N-]=C=S.[Ru+2]. The zero-order valence-electron chi connectivity index (χ0n) is 30.9. The molecule has 6 heterocycles. The largest absolute Gasteiger partial charge is 2.00 e.